The molecule has 232 valence electrons. The highest BCUT2D eigenvalue weighted by atomic mass is 16.5. The standard InChI is InChI=1S/C14H17NO5.C9H13NO2.C5H6O4.CH4/c1-19-11-4-3-9(12(6-11)20-2)7-15-8-10(14(17)18)5-13(15)16;1-11-8-4-3-7(6-10)9(5-8)12-2;1-3(5(8)9)2-4(6)7;/h3-4,6,10H,5,7-8H2,1-2H3,(H,17,18);3-5H,6,10H2,1-2H3;1-2H2,(H,6,7)(H,8,9);1H4. The molecular weight excluding hydrogens is 552 g/mol. The maximum atomic E-state index is 11.8. The lowest BCUT2D eigenvalue weighted by Crippen LogP contribution is -2.26. The molecule has 1 amide bonds. The van der Waals surface area contributed by atoms with E-state index in [1.54, 1.807) is 45.5 Å². The van der Waals surface area contributed by atoms with E-state index in [1.807, 2.05) is 24.3 Å². The third kappa shape index (κ3) is 11.8. The second kappa shape index (κ2) is 18.5. The van der Waals surface area contributed by atoms with E-state index in [9.17, 15) is 19.2 Å². The SMILES string of the molecule is C.C=C(CC(=O)O)C(=O)O.COc1ccc(CN)c(OC)c1.COc1ccc(CN2CC(C(=O)O)CC2=O)c(OC)c1. The number of ether oxygens (including phenoxy) is 4. The first-order valence-electron chi connectivity index (χ1n) is 12.2. The number of amides is 1. The Bertz CT molecular complexity index is 1230. The third-order valence-corrected chi connectivity index (χ3v) is 5.80. The Kier molecular flexibility index (Phi) is 16.4. The molecule has 13 nitrogen and oxygen atoms in total. The van der Waals surface area contributed by atoms with E-state index >= 15 is 0 Å². The highest BCUT2D eigenvalue weighted by molar-refractivity contribution is 5.91. The summed E-state index contributed by atoms with van der Waals surface area (Å²) in [5, 5.41) is 25.0. The van der Waals surface area contributed by atoms with E-state index in [4.69, 9.17) is 40.0 Å². The molecule has 42 heavy (non-hydrogen) atoms. The van der Waals surface area contributed by atoms with Crippen molar-refractivity contribution in [2.24, 2.45) is 11.7 Å². The zero-order valence-corrected chi connectivity index (χ0v) is 23.4. The van der Waals surface area contributed by atoms with E-state index < -0.39 is 30.2 Å². The predicted molar refractivity (Wildman–Crippen MR) is 154 cm³/mol. The molecule has 3 rings (SSSR count). The molecule has 2 aromatic rings. The number of likely N-dealkylation sites (tertiary alicyclic amines) is 1. The van der Waals surface area contributed by atoms with Crippen LogP contribution < -0.4 is 24.7 Å². The molecule has 0 aromatic heterocycles. The minimum atomic E-state index is -1.27. The lowest BCUT2D eigenvalue weighted by molar-refractivity contribution is -0.141. The molecule has 2 aromatic carbocycles. The summed E-state index contributed by atoms with van der Waals surface area (Å²) in [6.45, 7) is 4.08. The Morgan fingerprint density at radius 1 is 0.905 bits per heavy atom. The van der Waals surface area contributed by atoms with Crippen LogP contribution in [0.3, 0.4) is 0 Å². The molecular formula is C29H40N2O11. The molecule has 1 atom stereocenters. The summed E-state index contributed by atoms with van der Waals surface area (Å²) >= 11 is 0. The van der Waals surface area contributed by atoms with Crippen LogP contribution in [0.4, 0.5) is 0 Å². The van der Waals surface area contributed by atoms with Crippen LogP contribution in [0.1, 0.15) is 31.4 Å². The largest absolute Gasteiger partial charge is 0.497 e. The van der Waals surface area contributed by atoms with Crippen molar-refractivity contribution in [1.82, 2.24) is 4.90 Å². The summed E-state index contributed by atoms with van der Waals surface area (Å²) in [7, 11) is 6.35. The van der Waals surface area contributed by atoms with Gasteiger partial charge < -0.3 is 44.9 Å². The van der Waals surface area contributed by atoms with Crippen molar-refractivity contribution in [2.45, 2.75) is 33.4 Å². The lowest BCUT2D eigenvalue weighted by Gasteiger charge is -2.18. The zero-order chi connectivity index (χ0) is 31.1. The van der Waals surface area contributed by atoms with Gasteiger partial charge in [-0.3, -0.25) is 14.4 Å². The Hall–Kier alpha value is -4.78. The number of carbonyl (C=O) groups excluding carboxylic acids is 1. The highest BCUT2D eigenvalue weighted by Crippen LogP contribution is 2.28. The average Bonchev–Trinajstić information content (AvgIpc) is 3.33. The van der Waals surface area contributed by atoms with Gasteiger partial charge in [0.25, 0.3) is 0 Å². The number of nitrogens with zero attached hydrogens (tertiary/aromatic N) is 1. The fraction of sp³-hybridized carbons (Fsp3) is 0.379. The second-order valence-electron chi connectivity index (χ2n) is 8.55. The predicted octanol–water partition coefficient (Wildman–Crippen LogP) is 3.04. The molecule has 0 bridgehead atoms. The maximum absolute atomic E-state index is 11.8. The van der Waals surface area contributed by atoms with Crippen LogP contribution in [0.15, 0.2) is 48.6 Å². The maximum Gasteiger partial charge on any atom is 0.331 e. The smallest absolute Gasteiger partial charge is 0.331 e. The Morgan fingerprint density at radius 3 is 1.76 bits per heavy atom. The summed E-state index contributed by atoms with van der Waals surface area (Å²) < 4.78 is 20.5. The van der Waals surface area contributed by atoms with Crippen LogP contribution in [0.2, 0.25) is 0 Å². The number of methoxy groups -OCH3 is 4. The first-order chi connectivity index (χ1) is 19.4. The fourth-order valence-electron chi connectivity index (χ4n) is 3.56. The monoisotopic (exact) mass is 592 g/mol. The van der Waals surface area contributed by atoms with E-state index in [-0.39, 0.29) is 31.9 Å². The van der Waals surface area contributed by atoms with E-state index in [2.05, 4.69) is 6.58 Å². The van der Waals surface area contributed by atoms with Gasteiger partial charge in [0.1, 0.15) is 23.0 Å². The molecule has 1 heterocycles. The topological polar surface area (TPSA) is 195 Å². The Labute approximate surface area is 245 Å². The van der Waals surface area contributed by atoms with Crippen LogP contribution in [0.5, 0.6) is 23.0 Å². The molecule has 0 radical (unpaired) electrons. The molecule has 1 fully saturated rings. The summed E-state index contributed by atoms with van der Waals surface area (Å²) in [5.41, 5.74) is 7.00. The molecule has 1 aliphatic rings. The van der Waals surface area contributed by atoms with Crippen molar-refractivity contribution >= 4 is 23.8 Å². The van der Waals surface area contributed by atoms with Crippen molar-refractivity contribution in [1.29, 1.82) is 0 Å². The van der Waals surface area contributed by atoms with E-state index in [0.29, 0.717) is 24.6 Å². The van der Waals surface area contributed by atoms with Gasteiger partial charge in [0.15, 0.2) is 0 Å². The van der Waals surface area contributed by atoms with Gasteiger partial charge in [-0.2, -0.15) is 0 Å². The quantitative estimate of drug-likeness (QED) is 0.279. The fourth-order valence-corrected chi connectivity index (χ4v) is 3.56. The van der Waals surface area contributed by atoms with Gasteiger partial charge in [0.05, 0.1) is 40.8 Å². The number of rotatable bonds is 11. The number of hydrogen-bond donors (Lipinski definition) is 4. The first kappa shape index (κ1) is 37.2. The normalized spacial score (nSPS) is 13.2. The number of carboxylic acid groups (broad SMARTS) is 3. The number of carboxylic acids is 3. The van der Waals surface area contributed by atoms with Crippen molar-refractivity contribution in [3.63, 3.8) is 0 Å². The van der Waals surface area contributed by atoms with Crippen LogP contribution in [-0.2, 0) is 32.3 Å². The van der Waals surface area contributed by atoms with Crippen LogP contribution in [0.25, 0.3) is 0 Å². The average molecular weight is 593 g/mol. The number of hydrogen-bond acceptors (Lipinski definition) is 9. The highest BCUT2D eigenvalue weighted by Gasteiger charge is 2.34. The molecule has 0 spiro atoms. The van der Waals surface area contributed by atoms with Crippen LogP contribution >= 0.6 is 0 Å². The van der Waals surface area contributed by atoms with Crippen molar-refractivity contribution < 1.29 is 53.4 Å². The molecule has 13 heteroatoms. The van der Waals surface area contributed by atoms with Gasteiger partial charge in [0, 0.05) is 54.9 Å². The molecule has 1 unspecified atom stereocenters. The lowest BCUT2D eigenvalue weighted by atomic mass is 10.1. The zero-order valence-electron chi connectivity index (χ0n) is 23.4. The second-order valence-corrected chi connectivity index (χ2v) is 8.55. The summed E-state index contributed by atoms with van der Waals surface area (Å²) in [6.07, 6.45) is -0.441. The minimum Gasteiger partial charge on any atom is -0.497 e. The van der Waals surface area contributed by atoms with Gasteiger partial charge in [-0.05, 0) is 18.2 Å². The summed E-state index contributed by atoms with van der Waals surface area (Å²) in [6, 6.07) is 10.9. The number of carbonyl (C=O) groups is 4. The first-order valence-corrected chi connectivity index (χ1v) is 12.2. The number of benzene rings is 2. The molecule has 0 aliphatic carbocycles. The van der Waals surface area contributed by atoms with Crippen LogP contribution in [-0.4, -0.2) is 79.0 Å². The van der Waals surface area contributed by atoms with Gasteiger partial charge in [-0.25, -0.2) is 4.79 Å². The van der Waals surface area contributed by atoms with E-state index in [0.717, 1.165) is 22.6 Å². The Balaban J connectivity index is 0.000000655. The molecule has 1 aliphatic heterocycles. The molecule has 5 N–H and O–H groups in total. The van der Waals surface area contributed by atoms with E-state index in [1.165, 1.54) is 0 Å². The van der Waals surface area contributed by atoms with Gasteiger partial charge in [-0.15, -0.1) is 0 Å². The number of aliphatic carboxylic acids is 3. The van der Waals surface area contributed by atoms with Crippen molar-refractivity contribution in [3.05, 3.63) is 59.7 Å². The molecule has 1 saturated heterocycles. The minimum absolute atomic E-state index is 0. The number of nitrogens with two attached hydrogens (primary N) is 1. The van der Waals surface area contributed by atoms with Crippen LogP contribution in [0, 0.1) is 5.92 Å². The van der Waals surface area contributed by atoms with Gasteiger partial charge in [-0.1, -0.05) is 20.1 Å². The van der Waals surface area contributed by atoms with Crippen molar-refractivity contribution in [2.75, 3.05) is 35.0 Å². The van der Waals surface area contributed by atoms with Crippen molar-refractivity contribution in [3.8, 4) is 23.0 Å². The summed E-state index contributed by atoms with van der Waals surface area (Å²) in [4.78, 5) is 44.0. The van der Waals surface area contributed by atoms with Gasteiger partial charge >= 0.3 is 17.9 Å². The van der Waals surface area contributed by atoms with Gasteiger partial charge in [0.2, 0.25) is 5.91 Å². The molecule has 0 saturated carbocycles. The Morgan fingerprint density at radius 2 is 1.40 bits per heavy atom. The summed E-state index contributed by atoms with van der Waals surface area (Å²) in [5.74, 6) is -1.29. The third-order valence-electron chi connectivity index (χ3n) is 5.80.